The molecule has 0 unspecified atom stereocenters. The molecule has 104 valence electrons. The Bertz CT molecular complexity index is 724. The summed E-state index contributed by atoms with van der Waals surface area (Å²) in [5.41, 5.74) is 0.771. The summed E-state index contributed by atoms with van der Waals surface area (Å²) < 4.78 is 10.7. The van der Waals surface area contributed by atoms with Crippen molar-refractivity contribution in [2.24, 2.45) is 0 Å². The summed E-state index contributed by atoms with van der Waals surface area (Å²) in [7, 11) is 0. The molecule has 0 aliphatic heterocycles. The monoisotopic (exact) mass is 280 g/mol. The number of ketones is 1. The zero-order chi connectivity index (χ0) is 14.5. The Hall–Kier alpha value is -2.95. The van der Waals surface area contributed by atoms with Gasteiger partial charge in [-0.2, -0.15) is 0 Å². The number of carbonyl (C=O) groups excluding carboxylic acids is 1. The van der Waals surface area contributed by atoms with Crippen LogP contribution in [-0.4, -0.2) is 22.6 Å². The molecule has 1 aromatic heterocycles. The molecule has 0 N–H and O–H groups in total. The zero-order valence-electron chi connectivity index (χ0n) is 11.1. The van der Waals surface area contributed by atoms with Gasteiger partial charge in [0.1, 0.15) is 5.75 Å². The maximum atomic E-state index is 11.9. The van der Waals surface area contributed by atoms with Crippen LogP contribution in [0.5, 0.6) is 5.75 Å². The summed E-state index contributed by atoms with van der Waals surface area (Å²) in [6.07, 6.45) is 0. The smallest absolute Gasteiger partial charge is 0.288 e. The Morgan fingerprint density at radius 3 is 2.33 bits per heavy atom. The van der Waals surface area contributed by atoms with Crippen molar-refractivity contribution in [2.45, 2.75) is 0 Å². The lowest BCUT2D eigenvalue weighted by Gasteiger charge is -2.02. The van der Waals surface area contributed by atoms with Gasteiger partial charge < -0.3 is 9.15 Å². The Labute approximate surface area is 121 Å². The molecule has 0 radical (unpaired) electrons. The second kappa shape index (κ2) is 6.00. The van der Waals surface area contributed by atoms with Gasteiger partial charge in [-0.3, -0.25) is 4.79 Å². The molecule has 5 heteroatoms. The Morgan fingerprint density at radius 1 is 0.952 bits per heavy atom. The summed E-state index contributed by atoms with van der Waals surface area (Å²) in [5, 5.41) is 7.63. The lowest BCUT2D eigenvalue weighted by atomic mass is 10.2. The number of rotatable bonds is 5. The van der Waals surface area contributed by atoms with E-state index in [1.165, 1.54) is 0 Å². The maximum absolute atomic E-state index is 11.9. The molecule has 0 atom stereocenters. The second-order valence-electron chi connectivity index (χ2n) is 4.30. The molecule has 0 saturated heterocycles. The van der Waals surface area contributed by atoms with Crippen LogP contribution in [0.4, 0.5) is 0 Å². The molecule has 0 spiro atoms. The molecular formula is C16H12N2O3. The molecule has 5 nitrogen and oxygen atoms in total. The normalized spacial score (nSPS) is 10.3. The van der Waals surface area contributed by atoms with Crippen LogP contribution in [0.15, 0.2) is 65.1 Å². The number of hydrogen-bond donors (Lipinski definition) is 0. The number of benzene rings is 2. The van der Waals surface area contributed by atoms with Crippen LogP contribution < -0.4 is 4.74 Å². The highest BCUT2D eigenvalue weighted by Crippen LogP contribution is 2.17. The minimum atomic E-state index is -0.353. The van der Waals surface area contributed by atoms with Crippen molar-refractivity contribution >= 4 is 5.78 Å². The fourth-order valence-corrected chi connectivity index (χ4v) is 1.76. The summed E-state index contributed by atoms with van der Waals surface area (Å²) in [6.45, 7) is -0.138. The first-order chi connectivity index (χ1) is 10.3. The quantitative estimate of drug-likeness (QED) is 0.672. The van der Waals surface area contributed by atoms with E-state index in [-0.39, 0.29) is 18.3 Å². The van der Waals surface area contributed by atoms with Crippen LogP contribution in [0.3, 0.4) is 0 Å². The zero-order valence-corrected chi connectivity index (χ0v) is 11.1. The van der Waals surface area contributed by atoms with E-state index in [0.29, 0.717) is 11.6 Å². The molecule has 21 heavy (non-hydrogen) atoms. The molecule has 0 aliphatic rings. The SMILES string of the molecule is O=C(COc1ccccc1)c1nnc(-c2ccccc2)o1. The summed E-state index contributed by atoms with van der Waals surface area (Å²) >= 11 is 0. The highest BCUT2D eigenvalue weighted by Gasteiger charge is 2.16. The van der Waals surface area contributed by atoms with Gasteiger partial charge >= 0.3 is 0 Å². The fraction of sp³-hybridized carbons (Fsp3) is 0.0625. The summed E-state index contributed by atoms with van der Waals surface area (Å²) in [5.74, 6) is 0.533. The van der Waals surface area contributed by atoms with E-state index in [1.54, 1.807) is 12.1 Å². The van der Waals surface area contributed by atoms with Crippen LogP contribution in [0.2, 0.25) is 0 Å². The van der Waals surface area contributed by atoms with Crippen LogP contribution >= 0.6 is 0 Å². The summed E-state index contributed by atoms with van der Waals surface area (Å²) in [6, 6.07) is 18.4. The highest BCUT2D eigenvalue weighted by molar-refractivity contribution is 5.93. The van der Waals surface area contributed by atoms with Crippen molar-refractivity contribution in [2.75, 3.05) is 6.61 Å². The third kappa shape index (κ3) is 3.14. The van der Waals surface area contributed by atoms with Gasteiger partial charge in [0, 0.05) is 5.56 Å². The van der Waals surface area contributed by atoms with E-state index in [1.807, 2.05) is 48.5 Å². The molecule has 2 aromatic carbocycles. The largest absolute Gasteiger partial charge is 0.485 e. The minimum Gasteiger partial charge on any atom is -0.485 e. The number of hydrogen-bond acceptors (Lipinski definition) is 5. The number of para-hydroxylation sites is 1. The first-order valence-electron chi connectivity index (χ1n) is 6.43. The number of nitrogens with zero attached hydrogens (tertiary/aromatic N) is 2. The Kier molecular flexibility index (Phi) is 3.73. The second-order valence-corrected chi connectivity index (χ2v) is 4.30. The predicted molar refractivity (Wildman–Crippen MR) is 76.0 cm³/mol. The van der Waals surface area contributed by atoms with Gasteiger partial charge in [-0.15, -0.1) is 10.2 Å². The summed E-state index contributed by atoms with van der Waals surface area (Å²) in [4.78, 5) is 11.9. The van der Waals surface area contributed by atoms with Crippen LogP contribution in [0.25, 0.3) is 11.5 Å². The van der Waals surface area contributed by atoms with Crippen molar-refractivity contribution in [3.05, 3.63) is 66.6 Å². The number of ether oxygens (including phenoxy) is 1. The van der Waals surface area contributed by atoms with Crippen molar-refractivity contribution in [1.29, 1.82) is 0 Å². The van der Waals surface area contributed by atoms with E-state index >= 15 is 0 Å². The van der Waals surface area contributed by atoms with Gasteiger partial charge in [-0.05, 0) is 24.3 Å². The van der Waals surface area contributed by atoms with Gasteiger partial charge in [0.05, 0.1) is 0 Å². The molecular weight excluding hydrogens is 268 g/mol. The average molecular weight is 280 g/mol. The first kappa shape index (κ1) is 13.1. The minimum absolute atomic E-state index is 0.0511. The molecule has 3 rings (SSSR count). The van der Waals surface area contributed by atoms with Crippen molar-refractivity contribution in [3.8, 4) is 17.2 Å². The van der Waals surface area contributed by atoms with Gasteiger partial charge in [-0.1, -0.05) is 36.4 Å². The van der Waals surface area contributed by atoms with Gasteiger partial charge in [0.25, 0.3) is 11.7 Å². The Morgan fingerprint density at radius 2 is 1.62 bits per heavy atom. The topological polar surface area (TPSA) is 65.2 Å². The van der Waals surface area contributed by atoms with Crippen molar-refractivity contribution in [1.82, 2.24) is 10.2 Å². The van der Waals surface area contributed by atoms with E-state index in [4.69, 9.17) is 9.15 Å². The number of aromatic nitrogens is 2. The van der Waals surface area contributed by atoms with E-state index < -0.39 is 0 Å². The molecule has 0 aliphatic carbocycles. The lowest BCUT2D eigenvalue weighted by Crippen LogP contribution is -2.11. The molecule has 0 bridgehead atoms. The Balaban J connectivity index is 1.67. The maximum Gasteiger partial charge on any atom is 0.288 e. The van der Waals surface area contributed by atoms with Crippen LogP contribution in [-0.2, 0) is 0 Å². The van der Waals surface area contributed by atoms with Gasteiger partial charge in [0.2, 0.25) is 5.89 Å². The molecule has 1 heterocycles. The molecule has 3 aromatic rings. The molecule has 0 amide bonds. The lowest BCUT2D eigenvalue weighted by molar-refractivity contribution is 0.0887. The van der Waals surface area contributed by atoms with E-state index in [0.717, 1.165) is 5.56 Å². The van der Waals surface area contributed by atoms with Crippen molar-refractivity contribution < 1.29 is 13.9 Å². The number of carbonyl (C=O) groups is 1. The van der Waals surface area contributed by atoms with E-state index in [9.17, 15) is 4.79 Å². The van der Waals surface area contributed by atoms with Crippen LogP contribution in [0.1, 0.15) is 10.7 Å². The standard InChI is InChI=1S/C16H12N2O3/c19-14(11-20-13-9-5-2-6-10-13)16-18-17-15(21-16)12-7-3-1-4-8-12/h1-10H,11H2. The fourth-order valence-electron chi connectivity index (χ4n) is 1.76. The number of Topliss-reactive ketones (excluding diaryl/α,β-unsaturated/α-hetero) is 1. The molecule has 0 saturated carbocycles. The highest BCUT2D eigenvalue weighted by atomic mass is 16.5. The molecule has 0 fully saturated rings. The van der Waals surface area contributed by atoms with Crippen LogP contribution in [0, 0.1) is 0 Å². The average Bonchev–Trinajstić information content (AvgIpc) is 3.04. The van der Waals surface area contributed by atoms with Gasteiger partial charge in [-0.25, -0.2) is 0 Å². The third-order valence-electron chi connectivity index (χ3n) is 2.80. The van der Waals surface area contributed by atoms with Crippen molar-refractivity contribution in [3.63, 3.8) is 0 Å². The first-order valence-corrected chi connectivity index (χ1v) is 6.43. The third-order valence-corrected chi connectivity index (χ3v) is 2.80. The van der Waals surface area contributed by atoms with E-state index in [2.05, 4.69) is 10.2 Å². The predicted octanol–water partition coefficient (Wildman–Crippen LogP) is 3.00. The van der Waals surface area contributed by atoms with Gasteiger partial charge in [0.15, 0.2) is 6.61 Å².